The third-order valence-electron chi connectivity index (χ3n) is 2.74. The fourth-order valence-corrected chi connectivity index (χ4v) is 2.12. The van der Waals surface area contributed by atoms with E-state index in [1.807, 2.05) is 37.4 Å². The molecule has 0 fully saturated rings. The Balaban J connectivity index is 2.01. The molecule has 2 rings (SSSR count). The Morgan fingerprint density at radius 3 is 2.56 bits per heavy atom. The molecule has 3 heteroatoms. The van der Waals surface area contributed by atoms with Gasteiger partial charge in [-0.1, -0.05) is 41.9 Å². The second kappa shape index (κ2) is 5.98. The van der Waals surface area contributed by atoms with Crippen LogP contribution < -0.4 is 0 Å². The van der Waals surface area contributed by atoms with Crippen molar-refractivity contribution in [3.63, 3.8) is 0 Å². The van der Waals surface area contributed by atoms with Crippen molar-refractivity contribution in [2.75, 3.05) is 7.05 Å². The van der Waals surface area contributed by atoms with Gasteiger partial charge in [0.1, 0.15) is 5.82 Å². The molecule has 1 nitrogen and oxygen atoms in total. The van der Waals surface area contributed by atoms with Crippen molar-refractivity contribution in [2.24, 2.45) is 0 Å². The largest absolute Gasteiger partial charge is 0.298 e. The van der Waals surface area contributed by atoms with Crippen LogP contribution in [0, 0.1) is 5.82 Å². The lowest BCUT2D eigenvalue weighted by atomic mass is 10.2. The molecule has 0 atom stereocenters. The molecular weight excluding hydrogens is 249 g/mol. The fraction of sp³-hybridized carbons (Fsp3) is 0.200. The van der Waals surface area contributed by atoms with Crippen LogP contribution in [-0.4, -0.2) is 11.9 Å². The molecule has 0 saturated heterocycles. The third-order valence-corrected chi connectivity index (χ3v) is 3.11. The highest BCUT2D eigenvalue weighted by Gasteiger charge is 2.05. The number of halogens is 2. The van der Waals surface area contributed by atoms with Gasteiger partial charge in [-0.3, -0.25) is 4.90 Å². The van der Waals surface area contributed by atoms with Crippen molar-refractivity contribution in [1.82, 2.24) is 4.90 Å². The predicted molar refractivity (Wildman–Crippen MR) is 73.0 cm³/mol. The maximum Gasteiger partial charge on any atom is 0.123 e. The van der Waals surface area contributed by atoms with Gasteiger partial charge in [-0.15, -0.1) is 0 Å². The van der Waals surface area contributed by atoms with Gasteiger partial charge >= 0.3 is 0 Å². The van der Waals surface area contributed by atoms with Gasteiger partial charge in [-0.2, -0.15) is 0 Å². The quantitative estimate of drug-likeness (QED) is 0.802. The minimum Gasteiger partial charge on any atom is -0.298 e. The van der Waals surface area contributed by atoms with E-state index >= 15 is 0 Å². The first kappa shape index (κ1) is 13.1. The van der Waals surface area contributed by atoms with Crippen LogP contribution >= 0.6 is 11.6 Å². The van der Waals surface area contributed by atoms with Crippen LogP contribution in [0.25, 0.3) is 0 Å². The summed E-state index contributed by atoms with van der Waals surface area (Å²) >= 11 is 6.11. The second-order valence-corrected chi connectivity index (χ2v) is 4.80. The molecule has 0 bridgehead atoms. The molecule has 0 spiro atoms. The van der Waals surface area contributed by atoms with Gasteiger partial charge in [0, 0.05) is 18.1 Å². The zero-order valence-electron chi connectivity index (χ0n) is 10.2. The topological polar surface area (TPSA) is 3.24 Å². The van der Waals surface area contributed by atoms with E-state index in [4.69, 9.17) is 11.6 Å². The Kier molecular flexibility index (Phi) is 4.34. The van der Waals surface area contributed by atoms with Crippen LogP contribution in [0.2, 0.25) is 5.02 Å². The smallest absolute Gasteiger partial charge is 0.123 e. The Hall–Kier alpha value is -1.38. The summed E-state index contributed by atoms with van der Waals surface area (Å²) in [5.74, 6) is -0.196. The molecule has 0 radical (unpaired) electrons. The van der Waals surface area contributed by atoms with E-state index in [1.165, 1.54) is 6.07 Å². The summed E-state index contributed by atoms with van der Waals surface area (Å²) in [6.45, 7) is 1.44. The average molecular weight is 264 g/mol. The molecule has 0 N–H and O–H groups in total. The van der Waals surface area contributed by atoms with Crippen LogP contribution in [0.3, 0.4) is 0 Å². The number of nitrogens with zero attached hydrogens (tertiary/aromatic N) is 1. The van der Waals surface area contributed by atoms with E-state index in [0.717, 1.165) is 22.7 Å². The van der Waals surface area contributed by atoms with Crippen LogP contribution in [-0.2, 0) is 13.1 Å². The van der Waals surface area contributed by atoms with Gasteiger partial charge in [-0.25, -0.2) is 4.39 Å². The molecule has 2 aromatic carbocycles. The van der Waals surface area contributed by atoms with Crippen LogP contribution in [0.5, 0.6) is 0 Å². The highest BCUT2D eigenvalue weighted by atomic mass is 35.5. The van der Waals surface area contributed by atoms with E-state index in [0.29, 0.717) is 6.54 Å². The van der Waals surface area contributed by atoms with Crippen molar-refractivity contribution in [2.45, 2.75) is 13.1 Å². The minimum absolute atomic E-state index is 0.196. The maximum atomic E-state index is 13.1. The van der Waals surface area contributed by atoms with Crippen molar-refractivity contribution in [1.29, 1.82) is 0 Å². The van der Waals surface area contributed by atoms with Crippen LogP contribution in [0.4, 0.5) is 4.39 Å². The summed E-state index contributed by atoms with van der Waals surface area (Å²) in [6.07, 6.45) is 0. The Morgan fingerprint density at radius 2 is 1.83 bits per heavy atom. The summed E-state index contributed by atoms with van der Waals surface area (Å²) in [5.41, 5.74) is 2.04. The molecule has 0 saturated carbocycles. The molecule has 0 aliphatic carbocycles. The Morgan fingerprint density at radius 1 is 1.06 bits per heavy atom. The van der Waals surface area contributed by atoms with Crippen molar-refractivity contribution < 1.29 is 4.39 Å². The van der Waals surface area contributed by atoms with Gasteiger partial charge in [-0.05, 0) is 36.4 Å². The molecule has 18 heavy (non-hydrogen) atoms. The van der Waals surface area contributed by atoms with E-state index in [-0.39, 0.29) is 5.82 Å². The lowest BCUT2D eigenvalue weighted by Gasteiger charge is -2.17. The molecular formula is C15H15ClFN. The first-order chi connectivity index (χ1) is 8.65. The molecule has 0 aliphatic heterocycles. The highest BCUT2D eigenvalue weighted by molar-refractivity contribution is 6.31. The maximum absolute atomic E-state index is 13.1. The van der Waals surface area contributed by atoms with Crippen LogP contribution in [0.1, 0.15) is 11.1 Å². The normalized spacial score (nSPS) is 10.9. The van der Waals surface area contributed by atoms with E-state index in [9.17, 15) is 4.39 Å². The molecule has 2 aromatic rings. The molecule has 0 heterocycles. The van der Waals surface area contributed by atoms with Gasteiger partial charge in [0.15, 0.2) is 0 Å². The predicted octanol–water partition coefficient (Wildman–Crippen LogP) is 4.11. The molecule has 94 valence electrons. The van der Waals surface area contributed by atoms with Gasteiger partial charge in [0.25, 0.3) is 0 Å². The fourth-order valence-electron chi connectivity index (χ4n) is 1.92. The second-order valence-electron chi connectivity index (χ2n) is 4.39. The minimum atomic E-state index is -0.196. The average Bonchev–Trinajstić information content (AvgIpc) is 2.32. The number of rotatable bonds is 4. The van der Waals surface area contributed by atoms with Crippen molar-refractivity contribution in [3.8, 4) is 0 Å². The summed E-state index contributed by atoms with van der Waals surface area (Å²) in [4.78, 5) is 2.11. The molecule has 0 aliphatic rings. The zero-order valence-corrected chi connectivity index (χ0v) is 11.0. The first-order valence-corrected chi connectivity index (χ1v) is 6.19. The lowest BCUT2D eigenvalue weighted by Crippen LogP contribution is -2.17. The number of hydrogen-bond acceptors (Lipinski definition) is 1. The monoisotopic (exact) mass is 263 g/mol. The zero-order chi connectivity index (χ0) is 13.0. The number of hydrogen-bond donors (Lipinski definition) is 0. The lowest BCUT2D eigenvalue weighted by molar-refractivity contribution is 0.318. The Labute approximate surface area is 112 Å². The summed E-state index contributed by atoms with van der Waals surface area (Å²) < 4.78 is 13.1. The van der Waals surface area contributed by atoms with Gasteiger partial charge < -0.3 is 0 Å². The van der Waals surface area contributed by atoms with E-state index in [1.54, 1.807) is 12.1 Å². The van der Waals surface area contributed by atoms with Crippen molar-refractivity contribution >= 4 is 11.6 Å². The molecule has 0 unspecified atom stereocenters. The SMILES string of the molecule is CN(Cc1cccc(F)c1)Cc1ccccc1Cl. The third kappa shape index (κ3) is 3.56. The Bertz CT molecular complexity index is 527. The summed E-state index contributed by atoms with van der Waals surface area (Å²) in [5, 5.41) is 0.767. The van der Waals surface area contributed by atoms with E-state index < -0.39 is 0 Å². The number of benzene rings is 2. The van der Waals surface area contributed by atoms with E-state index in [2.05, 4.69) is 4.90 Å². The summed E-state index contributed by atoms with van der Waals surface area (Å²) in [7, 11) is 1.99. The van der Waals surface area contributed by atoms with Gasteiger partial charge in [0.2, 0.25) is 0 Å². The van der Waals surface area contributed by atoms with Crippen molar-refractivity contribution in [3.05, 3.63) is 70.5 Å². The summed E-state index contributed by atoms with van der Waals surface area (Å²) in [6, 6.07) is 14.4. The van der Waals surface area contributed by atoms with Gasteiger partial charge in [0.05, 0.1) is 0 Å². The molecule has 0 aromatic heterocycles. The molecule has 0 amide bonds. The first-order valence-electron chi connectivity index (χ1n) is 5.81. The standard InChI is InChI=1S/C15H15ClFN/c1-18(10-12-5-4-7-14(17)9-12)11-13-6-2-3-8-15(13)16/h2-9H,10-11H2,1H3. The highest BCUT2D eigenvalue weighted by Crippen LogP contribution is 2.17. The van der Waals surface area contributed by atoms with Crippen LogP contribution in [0.15, 0.2) is 48.5 Å².